The Balaban J connectivity index is 2.26. The summed E-state index contributed by atoms with van der Waals surface area (Å²) in [6, 6.07) is 7.14. The van der Waals surface area contributed by atoms with Crippen LogP contribution in [0, 0.1) is 12.7 Å². The van der Waals surface area contributed by atoms with Crippen molar-refractivity contribution >= 4 is 33.8 Å². The summed E-state index contributed by atoms with van der Waals surface area (Å²) in [6.07, 6.45) is 0.972. The first-order valence-corrected chi connectivity index (χ1v) is 7.51. The van der Waals surface area contributed by atoms with E-state index >= 15 is 0 Å². The maximum absolute atomic E-state index is 13.9. The number of aryl methyl sites for hydroxylation is 2. The Kier molecular flexibility index (Phi) is 3.44. The van der Waals surface area contributed by atoms with Crippen molar-refractivity contribution in [1.29, 1.82) is 0 Å². The Hall–Kier alpha value is -1.52. The summed E-state index contributed by atoms with van der Waals surface area (Å²) in [7, 11) is 0. The number of hydrogen-bond donors (Lipinski definition) is 0. The van der Waals surface area contributed by atoms with Gasteiger partial charge in [-0.3, -0.25) is 0 Å². The second kappa shape index (κ2) is 5.11. The molecule has 0 aliphatic rings. The minimum Gasteiger partial charge on any atom is -0.227 e. The molecule has 2 aromatic heterocycles. The zero-order chi connectivity index (χ0) is 14.3. The molecule has 0 spiro atoms. The second-order valence-electron chi connectivity index (χ2n) is 4.55. The van der Waals surface area contributed by atoms with Crippen molar-refractivity contribution < 1.29 is 4.39 Å². The Morgan fingerprint density at radius 3 is 2.70 bits per heavy atom. The third-order valence-electron chi connectivity index (χ3n) is 3.19. The number of thiophene rings is 1. The molecule has 0 amide bonds. The highest BCUT2D eigenvalue weighted by atomic mass is 35.5. The summed E-state index contributed by atoms with van der Waals surface area (Å²) >= 11 is 7.78. The molecule has 0 unspecified atom stereocenters. The first-order valence-electron chi connectivity index (χ1n) is 6.31. The molecule has 0 radical (unpaired) electrons. The summed E-state index contributed by atoms with van der Waals surface area (Å²) in [5.74, 6) is 0.170. The first kappa shape index (κ1) is 13.5. The minimum atomic E-state index is -0.387. The molecule has 0 bridgehead atoms. The summed E-state index contributed by atoms with van der Waals surface area (Å²) in [4.78, 5) is 10.9. The summed E-state index contributed by atoms with van der Waals surface area (Å²) in [5, 5.41) is 0.459. The molecular weight excluding hydrogens is 295 g/mol. The number of rotatable bonds is 2. The van der Waals surface area contributed by atoms with Gasteiger partial charge in [0.2, 0.25) is 0 Å². The van der Waals surface area contributed by atoms with Crippen LogP contribution in [0.4, 0.5) is 4.39 Å². The van der Waals surface area contributed by atoms with E-state index in [1.165, 1.54) is 10.9 Å². The zero-order valence-corrected chi connectivity index (χ0v) is 12.6. The van der Waals surface area contributed by atoms with Crippen molar-refractivity contribution in [3.05, 3.63) is 45.7 Å². The van der Waals surface area contributed by atoms with Gasteiger partial charge in [0.1, 0.15) is 11.0 Å². The third-order valence-corrected chi connectivity index (χ3v) is 4.69. The monoisotopic (exact) mass is 306 g/mol. The molecule has 1 aromatic carbocycles. The van der Waals surface area contributed by atoms with Gasteiger partial charge in [-0.25, -0.2) is 14.4 Å². The molecule has 3 aromatic rings. The van der Waals surface area contributed by atoms with Crippen molar-refractivity contribution in [3.63, 3.8) is 0 Å². The molecule has 0 N–H and O–H groups in total. The number of nitrogens with zero attached hydrogens (tertiary/aromatic N) is 2. The molecule has 2 heterocycles. The van der Waals surface area contributed by atoms with E-state index in [2.05, 4.69) is 23.0 Å². The lowest BCUT2D eigenvalue weighted by atomic mass is 10.1. The number of aromatic nitrogens is 2. The van der Waals surface area contributed by atoms with E-state index in [9.17, 15) is 4.39 Å². The van der Waals surface area contributed by atoms with Crippen LogP contribution in [-0.4, -0.2) is 9.97 Å². The van der Waals surface area contributed by atoms with E-state index in [1.807, 2.05) is 13.0 Å². The standard InChI is InChI=1S/C15H12ClFN2S/c1-3-9-5-7-11(20-9)15-18-13-8(2)4-6-10(17)12(13)14(16)19-15/h4-7H,3H2,1-2H3. The lowest BCUT2D eigenvalue weighted by Crippen LogP contribution is -1.94. The summed E-state index contributed by atoms with van der Waals surface area (Å²) < 4.78 is 13.9. The first-order chi connectivity index (χ1) is 9.60. The topological polar surface area (TPSA) is 25.8 Å². The van der Waals surface area contributed by atoms with Gasteiger partial charge in [0, 0.05) is 4.88 Å². The largest absolute Gasteiger partial charge is 0.227 e. The normalized spacial score (nSPS) is 11.2. The fourth-order valence-corrected chi connectivity index (χ4v) is 3.23. The molecule has 102 valence electrons. The van der Waals surface area contributed by atoms with E-state index in [0.717, 1.165) is 16.9 Å². The average Bonchev–Trinajstić information content (AvgIpc) is 2.91. The highest BCUT2D eigenvalue weighted by molar-refractivity contribution is 7.15. The van der Waals surface area contributed by atoms with Gasteiger partial charge in [-0.1, -0.05) is 24.6 Å². The van der Waals surface area contributed by atoms with Gasteiger partial charge in [0.05, 0.1) is 15.8 Å². The average molecular weight is 307 g/mol. The van der Waals surface area contributed by atoms with Crippen LogP contribution in [0.15, 0.2) is 24.3 Å². The predicted molar refractivity (Wildman–Crippen MR) is 81.9 cm³/mol. The molecule has 3 rings (SSSR count). The Bertz CT molecular complexity index is 798. The molecule has 0 fully saturated rings. The van der Waals surface area contributed by atoms with Gasteiger partial charge in [-0.15, -0.1) is 11.3 Å². The molecule has 20 heavy (non-hydrogen) atoms. The van der Waals surface area contributed by atoms with E-state index < -0.39 is 0 Å². The molecule has 0 saturated carbocycles. The molecule has 2 nitrogen and oxygen atoms in total. The van der Waals surface area contributed by atoms with Gasteiger partial charge in [0.25, 0.3) is 0 Å². The smallest absolute Gasteiger partial charge is 0.171 e. The van der Waals surface area contributed by atoms with Crippen LogP contribution in [-0.2, 0) is 6.42 Å². The van der Waals surface area contributed by atoms with Gasteiger partial charge in [-0.05, 0) is 37.1 Å². The second-order valence-corrected chi connectivity index (χ2v) is 6.07. The highest BCUT2D eigenvalue weighted by Gasteiger charge is 2.14. The van der Waals surface area contributed by atoms with Crippen LogP contribution in [0.25, 0.3) is 21.6 Å². The molecule has 0 atom stereocenters. The van der Waals surface area contributed by atoms with Crippen LogP contribution in [0.3, 0.4) is 0 Å². The summed E-state index contributed by atoms with van der Waals surface area (Å²) in [6.45, 7) is 3.99. The van der Waals surface area contributed by atoms with Crippen molar-refractivity contribution in [1.82, 2.24) is 9.97 Å². The number of benzene rings is 1. The zero-order valence-electron chi connectivity index (χ0n) is 11.1. The maximum Gasteiger partial charge on any atom is 0.171 e. The van der Waals surface area contributed by atoms with Crippen molar-refractivity contribution in [2.75, 3.05) is 0 Å². The van der Waals surface area contributed by atoms with Crippen LogP contribution < -0.4 is 0 Å². The fourth-order valence-electron chi connectivity index (χ4n) is 2.09. The van der Waals surface area contributed by atoms with Crippen molar-refractivity contribution in [3.8, 4) is 10.7 Å². The van der Waals surface area contributed by atoms with Crippen molar-refractivity contribution in [2.24, 2.45) is 0 Å². The molecule has 0 saturated heterocycles. The highest BCUT2D eigenvalue weighted by Crippen LogP contribution is 2.31. The van der Waals surface area contributed by atoms with Crippen molar-refractivity contribution in [2.45, 2.75) is 20.3 Å². The summed E-state index contributed by atoms with van der Waals surface area (Å²) in [5.41, 5.74) is 1.46. The molecule has 0 aliphatic heterocycles. The maximum atomic E-state index is 13.9. The van der Waals surface area contributed by atoms with Gasteiger partial charge in [0.15, 0.2) is 5.82 Å². The number of fused-ring (bicyclic) bond motifs is 1. The quantitative estimate of drug-likeness (QED) is 0.621. The molecule has 0 aliphatic carbocycles. The molecular formula is C15H12ClFN2S. The third kappa shape index (κ3) is 2.19. The lowest BCUT2D eigenvalue weighted by molar-refractivity contribution is 0.639. The Morgan fingerprint density at radius 2 is 2.00 bits per heavy atom. The SMILES string of the molecule is CCc1ccc(-c2nc(Cl)c3c(F)ccc(C)c3n2)s1. The van der Waals surface area contributed by atoms with E-state index in [4.69, 9.17) is 11.6 Å². The van der Waals surface area contributed by atoms with Gasteiger partial charge in [-0.2, -0.15) is 0 Å². The van der Waals surface area contributed by atoms with Crippen LogP contribution in [0.1, 0.15) is 17.4 Å². The Labute approximate surface area is 125 Å². The molecule has 5 heteroatoms. The predicted octanol–water partition coefficient (Wildman–Crippen LogP) is 5.02. The number of halogens is 2. The fraction of sp³-hybridized carbons (Fsp3) is 0.200. The van der Waals surface area contributed by atoms with E-state index in [-0.39, 0.29) is 11.0 Å². The minimum absolute atomic E-state index is 0.164. The van der Waals surface area contributed by atoms with Crippen LogP contribution >= 0.6 is 22.9 Å². The van der Waals surface area contributed by atoms with Crippen LogP contribution in [0.2, 0.25) is 5.15 Å². The van der Waals surface area contributed by atoms with Gasteiger partial charge < -0.3 is 0 Å². The lowest BCUT2D eigenvalue weighted by Gasteiger charge is -2.06. The van der Waals surface area contributed by atoms with Crippen LogP contribution in [0.5, 0.6) is 0 Å². The van der Waals surface area contributed by atoms with Gasteiger partial charge >= 0.3 is 0 Å². The van der Waals surface area contributed by atoms with E-state index in [1.54, 1.807) is 17.4 Å². The number of hydrogen-bond acceptors (Lipinski definition) is 3. The van der Waals surface area contributed by atoms with E-state index in [0.29, 0.717) is 16.7 Å². The Morgan fingerprint density at radius 1 is 1.20 bits per heavy atom.